The fraction of sp³-hybridized carbons (Fsp3) is 0.167. The number of benzene rings is 2. The number of nitrogens with one attached hydrogen (secondary N) is 2. The number of hydrogen-bond donors (Lipinski definition) is 2. The number of rotatable bonds is 8. The highest BCUT2D eigenvalue weighted by atomic mass is 16.5. The van der Waals surface area contributed by atoms with Gasteiger partial charge in [0.2, 0.25) is 11.8 Å². The predicted octanol–water partition coefficient (Wildman–Crippen LogP) is 3.82. The maximum Gasteiger partial charge on any atom is 0.255 e. The number of aryl methyl sites for hydroxylation is 1. The van der Waals surface area contributed by atoms with Crippen LogP contribution in [-0.2, 0) is 4.79 Å². The van der Waals surface area contributed by atoms with Crippen molar-refractivity contribution in [1.29, 1.82) is 5.26 Å². The van der Waals surface area contributed by atoms with Gasteiger partial charge in [-0.05, 0) is 55.0 Å². The SMILES string of the molecule is COc1ccccc1C(=O)NCCC(=O)Nc1ccc(Oc2ncccc2C#N)cc1C. The summed E-state index contributed by atoms with van der Waals surface area (Å²) in [6.45, 7) is 2.01. The Labute approximate surface area is 185 Å². The van der Waals surface area contributed by atoms with E-state index in [1.807, 2.05) is 13.0 Å². The Kier molecular flexibility index (Phi) is 7.38. The van der Waals surface area contributed by atoms with Crippen molar-refractivity contribution in [1.82, 2.24) is 10.3 Å². The molecule has 1 heterocycles. The van der Waals surface area contributed by atoms with E-state index in [9.17, 15) is 9.59 Å². The third-order valence-electron chi connectivity index (χ3n) is 4.57. The maximum absolute atomic E-state index is 12.3. The molecule has 0 aliphatic carbocycles. The molecule has 0 fully saturated rings. The number of pyridine rings is 1. The maximum atomic E-state index is 12.3. The molecule has 0 unspecified atom stereocenters. The van der Waals surface area contributed by atoms with Crippen LogP contribution in [0.15, 0.2) is 60.8 Å². The molecule has 0 atom stereocenters. The quantitative estimate of drug-likeness (QED) is 0.562. The lowest BCUT2D eigenvalue weighted by molar-refractivity contribution is -0.116. The van der Waals surface area contributed by atoms with Crippen LogP contribution in [0.2, 0.25) is 0 Å². The molecule has 2 aromatic carbocycles. The summed E-state index contributed by atoms with van der Waals surface area (Å²) in [5, 5.41) is 14.7. The van der Waals surface area contributed by atoms with Gasteiger partial charge in [0.05, 0.1) is 12.7 Å². The molecule has 0 radical (unpaired) electrons. The number of carbonyl (C=O) groups is 2. The van der Waals surface area contributed by atoms with E-state index >= 15 is 0 Å². The fourth-order valence-electron chi connectivity index (χ4n) is 2.94. The Morgan fingerprint density at radius 3 is 2.69 bits per heavy atom. The van der Waals surface area contributed by atoms with Gasteiger partial charge in [-0.3, -0.25) is 9.59 Å². The average Bonchev–Trinajstić information content (AvgIpc) is 2.81. The standard InChI is InChI=1S/C24H22N4O4/c1-16-14-18(32-24-17(15-25)6-5-12-27-24)9-10-20(16)28-22(29)11-13-26-23(30)19-7-3-4-8-21(19)31-2/h3-10,12,14H,11,13H2,1-2H3,(H,26,30)(H,28,29). The molecule has 0 saturated carbocycles. The monoisotopic (exact) mass is 430 g/mol. The molecule has 0 spiro atoms. The Morgan fingerprint density at radius 1 is 1.12 bits per heavy atom. The van der Waals surface area contributed by atoms with Crippen LogP contribution in [0.4, 0.5) is 5.69 Å². The molecule has 2 amide bonds. The number of para-hydroxylation sites is 1. The Bertz CT molecular complexity index is 1170. The number of nitriles is 1. The van der Waals surface area contributed by atoms with Gasteiger partial charge in [-0.25, -0.2) is 4.98 Å². The van der Waals surface area contributed by atoms with Gasteiger partial charge >= 0.3 is 0 Å². The fourth-order valence-corrected chi connectivity index (χ4v) is 2.94. The summed E-state index contributed by atoms with van der Waals surface area (Å²) < 4.78 is 10.9. The number of amides is 2. The third-order valence-corrected chi connectivity index (χ3v) is 4.57. The van der Waals surface area contributed by atoms with Crippen LogP contribution in [0.25, 0.3) is 0 Å². The van der Waals surface area contributed by atoms with E-state index < -0.39 is 0 Å². The summed E-state index contributed by atoms with van der Waals surface area (Å²) in [4.78, 5) is 28.7. The van der Waals surface area contributed by atoms with Crippen molar-refractivity contribution < 1.29 is 19.1 Å². The molecular weight excluding hydrogens is 408 g/mol. The van der Waals surface area contributed by atoms with Gasteiger partial charge in [0.25, 0.3) is 5.91 Å². The molecule has 32 heavy (non-hydrogen) atoms. The van der Waals surface area contributed by atoms with E-state index in [1.54, 1.807) is 60.8 Å². The van der Waals surface area contributed by atoms with Gasteiger partial charge in [-0.1, -0.05) is 12.1 Å². The third kappa shape index (κ3) is 5.61. The molecule has 0 aliphatic heterocycles. The molecule has 8 heteroatoms. The van der Waals surface area contributed by atoms with Gasteiger partial charge in [-0.2, -0.15) is 5.26 Å². The number of carbonyl (C=O) groups excluding carboxylic acids is 2. The van der Waals surface area contributed by atoms with E-state index in [-0.39, 0.29) is 30.7 Å². The smallest absolute Gasteiger partial charge is 0.255 e. The zero-order chi connectivity index (χ0) is 22.9. The largest absolute Gasteiger partial charge is 0.496 e. The first-order valence-electron chi connectivity index (χ1n) is 9.86. The second-order valence-electron chi connectivity index (χ2n) is 6.80. The summed E-state index contributed by atoms with van der Waals surface area (Å²) in [7, 11) is 1.50. The molecule has 2 N–H and O–H groups in total. The average molecular weight is 430 g/mol. The molecule has 162 valence electrons. The molecular formula is C24H22N4O4. The number of hydrogen-bond acceptors (Lipinski definition) is 6. The van der Waals surface area contributed by atoms with Crippen LogP contribution in [0.3, 0.4) is 0 Å². The minimum absolute atomic E-state index is 0.109. The van der Waals surface area contributed by atoms with Gasteiger partial charge in [-0.15, -0.1) is 0 Å². The summed E-state index contributed by atoms with van der Waals surface area (Å²) in [5.74, 6) is 0.648. The van der Waals surface area contributed by atoms with Gasteiger partial charge in [0.15, 0.2) is 0 Å². The predicted molar refractivity (Wildman–Crippen MR) is 119 cm³/mol. The topological polar surface area (TPSA) is 113 Å². The zero-order valence-corrected chi connectivity index (χ0v) is 17.7. The molecule has 8 nitrogen and oxygen atoms in total. The van der Waals surface area contributed by atoms with Crippen molar-refractivity contribution in [3.63, 3.8) is 0 Å². The van der Waals surface area contributed by atoms with E-state index in [1.165, 1.54) is 7.11 Å². The number of ether oxygens (including phenoxy) is 2. The highest BCUT2D eigenvalue weighted by Crippen LogP contribution is 2.26. The first-order chi connectivity index (χ1) is 15.5. The Balaban J connectivity index is 1.54. The highest BCUT2D eigenvalue weighted by Gasteiger charge is 2.12. The van der Waals surface area contributed by atoms with Crippen molar-refractivity contribution in [3.05, 3.63) is 77.5 Å². The molecule has 0 saturated heterocycles. The zero-order valence-electron chi connectivity index (χ0n) is 17.7. The van der Waals surface area contributed by atoms with Gasteiger partial charge in [0.1, 0.15) is 23.1 Å². The lowest BCUT2D eigenvalue weighted by Gasteiger charge is -2.12. The minimum Gasteiger partial charge on any atom is -0.496 e. The van der Waals surface area contributed by atoms with E-state index in [4.69, 9.17) is 14.7 Å². The highest BCUT2D eigenvalue weighted by molar-refractivity contribution is 5.97. The van der Waals surface area contributed by atoms with E-state index in [0.717, 1.165) is 5.56 Å². The second kappa shape index (κ2) is 10.6. The van der Waals surface area contributed by atoms with Crippen molar-refractivity contribution in [2.45, 2.75) is 13.3 Å². The van der Waals surface area contributed by atoms with Crippen LogP contribution < -0.4 is 20.1 Å². The van der Waals surface area contributed by atoms with Crippen LogP contribution in [0, 0.1) is 18.3 Å². The van der Waals surface area contributed by atoms with Gasteiger partial charge < -0.3 is 20.1 Å². The summed E-state index contributed by atoms with van der Waals surface area (Å²) >= 11 is 0. The molecule has 3 rings (SSSR count). The van der Waals surface area contributed by atoms with Crippen LogP contribution in [0.5, 0.6) is 17.4 Å². The normalized spacial score (nSPS) is 10.0. The minimum atomic E-state index is -0.306. The first kappa shape index (κ1) is 22.3. The van der Waals surface area contributed by atoms with E-state index in [2.05, 4.69) is 15.6 Å². The number of nitrogens with zero attached hydrogens (tertiary/aromatic N) is 2. The molecule has 0 aliphatic rings. The summed E-state index contributed by atoms with van der Waals surface area (Å²) in [6, 6.07) is 17.3. The Morgan fingerprint density at radius 2 is 1.94 bits per heavy atom. The first-order valence-corrected chi connectivity index (χ1v) is 9.86. The van der Waals surface area contributed by atoms with Crippen LogP contribution in [0.1, 0.15) is 27.9 Å². The molecule has 1 aromatic heterocycles. The summed E-state index contributed by atoms with van der Waals surface area (Å²) in [5.41, 5.74) is 2.15. The van der Waals surface area contributed by atoms with Crippen LogP contribution in [-0.4, -0.2) is 30.5 Å². The van der Waals surface area contributed by atoms with Crippen molar-refractivity contribution in [3.8, 4) is 23.4 Å². The van der Waals surface area contributed by atoms with Crippen molar-refractivity contribution in [2.75, 3.05) is 19.0 Å². The van der Waals surface area contributed by atoms with Crippen molar-refractivity contribution in [2.24, 2.45) is 0 Å². The summed E-state index contributed by atoms with van der Waals surface area (Å²) in [6.07, 6.45) is 1.66. The molecule has 0 bridgehead atoms. The lowest BCUT2D eigenvalue weighted by atomic mass is 10.1. The lowest BCUT2D eigenvalue weighted by Crippen LogP contribution is -2.28. The molecule has 3 aromatic rings. The second-order valence-corrected chi connectivity index (χ2v) is 6.80. The number of methoxy groups -OCH3 is 1. The number of aromatic nitrogens is 1. The Hall–Kier alpha value is -4.38. The van der Waals surface area contributed by atoms with E-state index in [0.29, 0.717) is 28.3 Å². The number of anilines is 1. The van der Waals surface area contributed by atoms with Gasteiger partial charge in [0, 0.05) is 24.8 Å². The van der Waals surface area contributed by atoms with Crippen LogP contribution >= 0.6 is 0 Å². The van der Waals surface area contributed by atoms with Crippen molar-refractivity contribution >= 4 is 17.5 Å².